The summed E-state index contributed by atoms with van der Waals surface area (Å²) in [6.45, 7) is 4.21. The highest BCUT2D eigenvalue weighted by Gasteiger charge is 2.23. The Morgan fingerprint density at radius 1 is 1.42 bits per heavy atom. The van der Waals surface area contributed by atoms with E-state index < -0.39 is 16.4 Å². The summed E-state index contributed by atoms with van der Waals surface area (Å²) >= 11 is 0. The Labute approximate surface area is 139 Å². The summed E-state index contributed by atoms with van der Waals surface area (Å²) < 4.78 is 1.28. The molecule has 0 spiro atoms. The third kappa shape index (κ3) is 3.74. The molecule has 2 aromatic rings. The Kier molecular flexibility index (Phi) is 5.24. The maximum atomic E-state index is 12.3. The topological polar surface area (TPSA) is 129 Å². The molecule has 0 aliphatic heterocycles. The molecule has 1 heterocycles. The minimum absolute atomic E-state index is 0.195. The fourth-order valence-corrected chi connectivity index (χ4v) is 2.20. The third-order valence-electron chi connectivity index (χ3n) is 4.11. The van der Waals surface area contributed by atoms with Crippen molar-refractivity contribution in [3.8, 4) is 5.69 Å². The second-order valence-corrected chi connectivity index (χ2v) is 5.55. The average molecular weight is 332 g/mol. The first-order chi connectivity index (χ1) is 11.4. The van der Waals surface area contributed by atoms with Crippen molar-refractivity contribution < 1.29 is 9.72 Å². The van der Waals surface area contributed by atoms with Gasteiger partial charge in [0.05, 0.1) is 4.92 Å². The Morgan fingerprint density at radius 2 is 2.12 bits per heavy atom. The van der Waals surface area contributed by atoms with Gasteiger partial charge in [-0.25, -0.2) is 9.67 Å². The summed E-state index contributed by atoms with van der Waals surface area (Å²) in [5, 5.41) is 17.9. The molecule has 0 unspecified atom stereocenters. The fraction of sp³-hybridized carbons (Fsp3) is 0.400. The lowest BCUT2D eigenvalue weighted by molar-refractivity contribution is -0.384. The predicted molar refractivity (Wildman–Crippen MR) is 87.8 cm³/mol. The Bertz CT molecular complexity index is 725. The van der Waals surface area contributed by atoms with E-state index in [1.54, 1.807) is 0 Å². The van der Waals surface area contributed by atoms with E-state index in [2.05, 4.69) is 15.4 Å². The largest absolute Gasteiger partial charge is 0.350 e. The van der Waals surface area contributed by atoms with E-state index in [1.165, 1.54) is 35.5 Å². The van der Waals surface area contributed by atoms with Crippen LogP contribution in [0.25, 0.3) is 5.69 Å². The molecule has 1 aromatic carbocycles. The number of carbonyl (C=O) groups is 1. The fourth-order valence-electron chi connectivity index (χ4n) is 2.20. The molecule has 0 aliphatic carbocycles. The van der Waals surface area contributed by atoms with Crippen LogP contribution in [0.1, 0.15) is 37.0 Å². The molecule has 2 rings (SSSR count). The number of carbonyl (C=O) groups excluding carboxylic acids is 1. The van der Waals surface area contributed by atoms with Gasteiger partial charge in [0.15, 0.2) is 0 Å². The van der Waals surface area contributed by atoms with Crippen LogP contribution in [0, 0.1) is 10.1 Å². The van der Waals surface area contributed by atoms with Gasteiger partial charge in [-0.1, -0.05) is 13.8 Å². The molecule has 9 nitrogen and oxygen atoms in total. The molecular formula is C15H20N6O3. The van der Waals surface area contributed by atoms with Gasteiger partial charge in [-0.3, -0.25) is 14.9 Å². The van der Waals surface area contributed by atoms with E-state index in [4.69, 9.17) is 5.73 Å². The molecule has 0 saturated carbocycles. The van der Waals surface area contributed by atoms with Crippen LogP contribution in [-0.4, -0.2) is 37.7 Å². The van der Waals surface area contributed by atoms with Gasteiger partial charge in [0.1, 0.15) is 18.3 Å². The molecule has 0 saturated heterocycles. The van der Waals surface area contributed by atoms with Crippen molar-refractivity contribution in [1.82, 2.24) is 20.1 Å². The highest BCUT2D eigenvalue weighted by Crippen LogP contribution is 2.23. The summed E-state index contributed by atoms with van der Waals surface area (Å²) in [6, 6.07) is 4.20. The number of benzene rings is 1. The molecule has 24 heavy (non-hydrogen) atoms. The Morgan fingerprint density at radius 3 is 2.67 bits per heavy atom. The van der Waals surface area contributed by atoms with E-state index in [-0.39, 0.29) is 16.9 Å². The first-order valence-electron chi connectivity index (χ1n) is 7.60. The minimum atomic E-state index is -0.556. The van der Waals surface area contributed by atoms with E-state index >= 15 is 0 Å². The van der Waals surface area contributed by atoms with Crippen molar-refractivity contribution in [1.29, 1.82) is 0 Å². The van der Waals surface area contributed by atoms with Gasteiger partial charge in [0.2, 0.25) is 0 Å². The number of nitrogens with one attached hydrogen (secondary N) is 1. The quantitative estimate of drug-likeness (QED) is 0.583. The first kappa shape index (κ1) is 17.5. The average Bonchev–Trinajstić information content (AvgIpc) is 3.13. The zero-order chi connectivity index (χ0) is 17.7. The van der Waals surface area contributed by atoms with Crippen molar-refractivity contribution in [2.45, 2.75) is 32.2 Å². The second kappa shape index (κ2) is 7.18. The zero-order valence-electron chi connectivity index (χ0n) is 13.6. The molecule has 0 radical (unpaired) electrons. The lowest BCUT2D eigenvalue weighted by Crippen LogP contribution is -2.49. The number of nitro benzene ring substituents is 1. The van der Waals surface area contributed by atoms with Crippen LogP contribution in [0.2, 0.25) is 0 Å². The molecule has 9 heteroatoms. The van der Waals surface area contributed by atoms with Crippen LogP contribution in [0.4, 0.5) is 5.69 Å². The lowest BCUT2D eigenvalue weighted by atomic mass is 9.94. The summed E-state index contributed by atoms with van der Waals surface area (Å²) in [7, 11) is 0. The first-order valence-corrected chi connectivity index (χ1v) is 7.60. The molecule has 0 aliphatic rings. The van der Waals surface area contributed by atoms with Gasteiger partial charge in [-0.2, -0.15) is 5.10 Å². The zero-order valence-corrected chi connectivity index (χ0v) is 13.6. The molecule has 1 aromatic heterocycles. The van der Waals surface area contributed by atoms with Gasteiger partial charge in [0.25, 0.3) is 11.6 Å². The maximum Gasteiger partial charge on any atom is 0.295 e. The summed E-state index contributed by atoms with van der Waals surface area (Å²) in [5.74, 6) is -0.403. The highest BCUT2D eigenvalue weighted by atomic mass is 16.6. The standard InChI is InChI=1S/C15H20N6O3/c1-3-15(16,4-2)8-18-14(22)11-5-6-12(13(7-11)21(23)24)20-10-17-9-19-20/h5-7,9-10H,3-4,8,16H2,1-2H3,(H,18,22). The SMILES string of the molecule is CCC(N)(CC)CNC(=O)c1ccc(-n2cncn2)c([N+](=O)[O-])c1. The number of rotatable bonds is 7. The van der Waals surface area contributed by atoms with Crippen molar-refractivity contribution in [2.24, 2.45) is 5.73 Å². The van der Waals surface area contributed by atoms with Gasteiger partial charge < -0.3 is 11.1 Å². The molecule has 0 fully saturated rings. The number of hydrogen-bond acceptors (Lipinski definition) is 6. The van der Waals surface area contributed by atoms with Gasteiger partial charge >= 0.3 is 0 Å². The van der Waals surface area contributed by atoms with Crippen molar-refractivity contribution in [3.63, 3.8) is 0 Å². The number of hydrogen-bond donors (Lipinski definition) is 2. The van der Waals surface area contributed by atoms with Gasteiger partial charge in [-0.15, -0.1) is 0 Å². The molecule has 1 amide bonds. The van der Waals surface area contributed by atoms with Crippen LogP contribution in [0.5, 0.6) is 0 Å². The molecular weight excluding hydrogens is 312 g/mol. The van der Waals surface area contributed by atoms with Crippen molar-refractivity contribution in [2.75, 3.05) is 6.54 Å². The lowest BCUT2D eigenvalue weighted by Gasteiger charge is -2.26. The van der Waals surface area contributed by atoms with Gasteiger partial charge in [0, 0.05) is 23.7 Å². The van der Waals surface area contributed by atoms with Crippen LogP contribution >= 0.6 is 0 Å². The van der Waals surface area contributed by atoms with Crippen molar-refractivity contribution in [3.05, 3.63) is 46.5 Å². The molecule has 0 atom stereocenters. The van der Waals surface area contributed by atoms with E-state index in [9.17, 15) is 14.9 Å². The number of nitrogens with zero attached hydrogens (tertiary/aromatic N) is 4. The molecule has 0 bridgehead atoms. The normalized spacial score (nSPS) is 11.3. The summed E-state index contributed by atoms with van der Waals surface area (Å²) in [4.78, 5) is 26.8. The maximum absolute atomic E-state index is 12.3. The number of nitro groups is 1. The number of aromatic nitrogens is 3. The number of amides is 1. The minimum Gasteiger partial charge on any atom is -0.350 e. The van der Waals surface area contributed by atoms with E-state index in [1.807, 2.05) is 13.8 Å². The smallest absolute Gasteiger partial charge is 0.295 e. The monoisotopic (exact) mass is 332 g/mol. The number of nitrogens with two attached hydrogens (primary N) is 1. The summed E-state index contributed by atoms with van der Waals surface area (Å²) in [5.41, 5.74) is 5.87. The Balaban J connectivity index is 2.24. The Hall–Kier alpha value is -2.81. The van der Waals surface area contributed by atoms with E-state index in [0.717, 1.165) is 12.8 Å². The second-order valence-electron chi connectivity index (χ2n) is 5.55. The highest BCUT2D eigenvalue weighted by molar-refractivity contribution is 5.95. The van der Waals surface area contributed by atoms with Gasteiger partial charge in [-0.05, 0) is 25.0 Å². The molecule has 3 N–H and O–H groups in total. The summed E-state index contributed by atoms with van der Waals surface area (Å²) in [6.07, 6.45) is 4.07. The van der Waals surface area contributed by atoms with Crippen LogP contribution in [0.15, 0.2) is 30.9 Å². The van der Waals surface area contributed by atoms with Crippen molar-refractivity contribution >= 4 is 11.6 Å². The third-order valence-corrected chi connectivity index (χ3v) is 4.11. The van der Waals surface area contributed by atoms with Crippen LogP contribution in [-0.2, 0) is 0 Å². The van der Waals surface area contributed by atoms with Crippen LogP contribution < -0.4 is 11.1 Å². The predicted octanol–water partition coefficient (Wildman–Crippen LogP) is 1.42. The van der Waals surface area contributed by atoms with Crippen LogP contribution in [0.3, 0.4) is 0 Å². The van der Waals surface area contributed by atoms with E-state index in [0.29, 0.717) is 6.54 Å². The molecule has 128 valence electrons.